The summed E-state index contributed by atoms with van der Waals surface area (Å²) in [5, 5.41) is 2.99. The van der Waals surface area contributed by atoms with Crippen molar-refractivity contribution in [1.29, 1.82) is 0 Å². The van der Waals surface area contributed by atoms with Crippen LogP contribution in [-0.2, 0) is 25.5 Å². The van der Waals surface area contributed by atoms with Gasteiger partial charge in [0.25, 0.3) is 0 Å². The minimum atomic E-state index is -0.330. The Balaban J connectivity index is 1.73. The van der Waals surface area contributed by atoms with Gasteiger partial charge in [-0.25, -0.2) is 0 Å². The molecule has 1 heterocycles. The Bertz CT molecular complexity index is 702. The van der Waals surface area contributed by atoms with E-state index in [-0.39, 0.29) is 30.9 Å². The van der Waals surface area contributed by atoms with Gasteiger partial charge in [-0.1, -0.05) is 25.1 Å². The molecule has 1 aromatic rings. The van der Waals surface area contributed by atoms with Crippen LogP contribution in [0.25, 0.3) is 0 Å². The van der Waals surface area contributed by atoms with Crippen molar-refractivity contribution in [1.82, 2.24) is 14.7 Å². The summed E-state index contributed by atoms with van der Waals surface area (Å²) >= 11 is 0. The first-order chi connectivity index (χ1) is 13.9. The van der Waals surface area contributed by atoms with Crippen LogP contribution in [0.15, 0.2) is 24.3 Å². The number of aryl methyl sites for hydroxylation is 1. The molecule has 0 spiro atoms. The fourth-order valence-corrected chi connectivity index (χ4v) is 3.31. The van der Waals surface area contributed by atoms with E-state index in [2.05, 4.69) is 17.1 Å². The maximum Gasteiger partial charge on any atom is 0.320 e. The Kier molecular flexibility index (Phi) is 9.08. The van der Waals surface area contributed by atoms with Crippen molar-refractivity contribution in [3.05, 3.63) is 29.8 Å². The smallest absolute Gasteiger partial charge is 0.320 e. The number of nitrogens with zero attached hydrogens (tertiary/aromatic N) is 3. The van der Waals surface area contributed by atoms with Gasteiger partial charge >= 0.3 is 5.97 Å². The monoisotopic (exact) mass is 404 g/mol. The first kappa shape index (κ1) is 22.8. The number of anilines is 1. The predicted molar refractivity (Wildman–Crippen MR) is 112 cm³/mol. The number of benzene rings is 1. The van der Waals surface area contributed by atoms with E-state index in [4.69, 9.17) is 4.74 Å². The second-order valence-corrected chi connectivity index (χ2v) is 7.19. The minimum absolute atomic E-state index is 0.0160. The third kappa shape index (κ3) is 7.47. The first-order valence-electron chi connectivity index (χ1n) is 10.1. The van der Waals surface area contributed by atoms with Crippen molar-refractivity contribution in [2.45, 2.75) is 20.3 Å². The number of hydrogen-bond acceptors (Lipinski definition) is 6. The molecule has 1 aliphatic rings. The third-order valence-electron chi connectivity index (χ3n) is 4.87. The molecule has 1 aromatic carbocycles. The van der Waals surface area contributed by atoms with E-state index in [9.17, 15) is 14.4 Å². The van der Waals surface area contributed by atoms with Gasteiger partial charge in [-0.3, -0.25) is 24.2 Å². The first-order valence-corrected chi connectivity index (χ1v) is 10.1. The van der Waals surface area contributed by atoms with Crippen LogP contribution in [0.3, 0.4) is 0 Å². The number of amides is 2. The highest BCUT2D eigenvalue weighted by molar-refractivity contribution is 5.93. The zero-order valence-electron chi connectivity index (χ0n) is 17.6. The van der Waals surface area contributed by atoms with Gasteiger partial charge in [0.2, 0.25) is 11.8 Å². The molecule has 2 rings (SSSR count). The lowest BCUT2D eigenvalue weighted by Crippen LogP contribution is -2.52. The van der Waals surface area contributed by atoms with Crippen molar-refractivity contribution >= 4 is 23.5 Å². The number of hydrogen-bond donors (Lipinski definition) is 1. The van der Waals surface area contributed by atoms with Crippen molar-refractivity contribution in [2.24, 2.45) is 0 Å². The Labute approximate surface area is 172 Å². The summed E-state index contributed by atoms with van der Waals surface area (Å²) in [5.74, 6) is -0.388. The molecule has 8 heteroatoms. The van der Waals surface area contributed by atoms with Gasteiger partial charge in [0.05, 0.1) is 26.2 Å². The van der Waals surface area contributed by atoms with Gasteiger partial charge < -0.3 is 15.0 Å². The molecule has 1 aliphatic heterocycles. The maximum absolute atomic E-state index is 12.4. The summed E-state index contributed by atoms with van der Waals surface area (Å²) < 4.78 is 4.90. The third-order valence-corrected chi connectivity index (χ3v) is 4.87. The van der Waals surface area contributed by atoms with E-state index in [1.807, 2.05) is 24.3 Å². The number of esters is 1. The van der Waals surface area contributed by atoms with Crippen molar-refractivity contribution in [3.63, 3.8) is 0 Å². The van der Waals surface area contributed by atoms with E-state index < -0.39 is 0 Å². The average molecular weight is 405 g/mol. The summed E-state index contributed by atoms with van der Waals surface area (Å²) in [5.41, 5.74) is 1.97. The molecular formula is C21H32N4O4. The summed E-state index contributed by atoms with van der Waals surface area (Å²) in [6, 6.07) is 7.81. The van der Waals surface area contributed by atoms with Gasteiger partial charge in [0, 0.05) is 31.9 Å². The van der Waals surface area contributed by atoms with Crippen LogP contribution >= 0.6 is 0 Å². The molecule has 0 aromatic heterocycles. The molecule has 1 fully saturated rings. The van der Waals surface area contributed by atoms with E-state index in [0.717, 1.165) is 17.7 Å². The van der Waals surface area contributed by atoms with Crippen LogP contribution in [0.1, 0.15) is 19.4 Å². The van der Waals surface area contributed by atoms with Gasteiger partial charge in [-0.15, -0.1) is 0 Å². The molecule has 1 N–H and O–H groups in total. The number of carbonyl (C=O) groups is 3. The number of ether oxygens (including phenoxy) is 1. The van der Waals surface area contributed by atoms with E-state index in [1.165, 1.54) is 0 Å². The Hall–Kier alpha value is -2.45. The summed E-state index contributed by atoms with van der Waals surface area (Å²) in [6.07, 6.45) is 0.863. The van der Waals surface area contributed by atoms with Crippen molar-refractivity contribution in [2.75, 3.05) is 64.8 Å². The fourth-order valence-electron chi connectivity index (χ4n) is 3.31. The summed E-state index contributed by atoms with van der Waals surface area (Å²) in [7, 11) is 1.73. The summed E-state index contributed by atoms with van der Waals surface area (Å²) in [6.45, 7) is 7.17. The second-order valence-electron chi connectivity index (χ2n) is 7.19. The number of carbonyl (C=O) groups excluding carboxylic acids is 3. The van der Waals surface area contributed by atoms with E-state index in [0.29, 0.717) is 39.3 Å². The predicted octanol–water partition coefficient (Wildman–Crippen LogP) is 0.827. The topological polar surface area (TPSA) is 82.2 Å². The zero-order chi connectivity index (χ0) is 21.2. The molecule has 0 saturated carbocycles. The highest BCUT2D eigenvalue weighted by atomic mass is 16.5. The lowest BCUT2D eigenvalue weighted by atomic mass is 10.1. The lowest BCUT2D eigenvalue weighted by molar-refractivity contribution is -0.144. The standard InChI is InChI=1S/C21H32N4O4/c1-4-17-8-6-7-9-18(17)22-19(26)14-24-10-12-25(13-11-24)20(27)15-23(3)16-21(28)29-5-2/h6-9H,4-5,10-16H2,1-3H3,(H,22,26). The molecule has 160 valence electrons. The highest BCUT2D eigenvalue weighted by Crippen LogP contribution is 2.15. The van der Waals surface area contributed by atoms with Crippen molar-refractivity contribution in [3.8, 4) is 0 Å². The van der Waals surface area contributed by atoms with Crippen LogP contribution in [0.5, 0.6) is 0 Å². The number of likely N-dealkylation sites (N-methyl/N-ethyl adjacent to an activating group) is 1. The SMILES string of the molecule is CCOC(=O)CN(C)CC(=O)N1CCN(CC(=O)Nc2ccccc2CC)CC1. The lowest BCUT2D eigenvalue weighted by Gasteiger charge is -2.35. The van der Waals surface area contributed by atoms with Crippen molar-refractivity contribution < 1.29 is 19.1 Å². The molecule has 0 atom stereocenters. The Morgan fingerprint density at radius 1 is 1.07 bits per heavy atom. The van der Waals surface area contributed by atoms with E-state index >= 15 is 0 Å². The number of rotatable bonds is 9. The molecule has 2 amide bonds. The molecule has 0 bridgehead atoms. The van der Waals surface area contributed by atoms with Gasteiger partial charge in [-0.05, 0) is 32.0 Å². The fraction of sp³-hybridized carbons (Fsp3) is 0.571. The summed E-state index contributed by atoms with van der Waals surface area (Å²) in [4.78, 5) is 41.8. The van der Waals surface area contributed by atoms with Crippen LogP contribution < -0.4 is 5.32 Å². The normalized spacial score (nSPS) is 14.7. The zero-order valence-corrected chi connectivity index (χ0v) is 17.6. The minimum Gasteiger partial charge on any atom is -0.465 e. The van der Waals surface area contributed by atoms with Gasteiger partial charge in [-0.2, -0.15) is 0 Å². The van der Waals surface area contributed by atoms with Gasteiger partial charge in [0.1, 0.15) is 0 Å². The second kappa shape index (κ2) is 11.5. The number of nitrogens with one attached hydrogen (secondary N) is 1. The average Bonchev–Trinajstić information content (AvgIpc) is 2.68. The molecule has 1 saturated heterocycles. The van der Waals surface area contributed by atoms with E-state index in [1.54, 1.807) is 23.8 Å². The van der Waals surface area contributed by atoms with Crippen LogP contribution in [0.2, 0.25) is 0 Å². The van der Waals surface area contributed by atoms with Crippen LogP contribution in [0, 0.1) is 0 Å². The molecule has 8 nitrogen and oxygen atoms in total. The molecule has 0 unspecified atom stereocenters. The van der Waals surface area contributed by atoms with Crippen LogP contribution in [0.4, 0.5) is 5.69 Å². The number of piperazine rings is 1. The molecule has 0 aliphatic carbocycles. The Morgan fingerprint density at radius 3 is 2.41 bits per heavy atom. The molecule has 0 radical (unpaired) electrons. The maximum atomic E-state index is 12.4. The Morgan fingerprint density at radius 2 is 1.76 bits per heavy atom. The number of para-hydroxylation sites is 1. The van der Waals surface area contributed by atoms with Crippen LogP contribution in [-0.4, -0.2) is 92.0 Å². The molecular weight excluding hydrogens is 372 g/mol. The molecule has 29 heavy (non-hydrogen) atoms. The largest absolute Gasteiger partial charge is 0.465 e. The van der Waals surface area contributed by atoms with Gasteiger partial charge in [0.15, 0.2) is 0 Å². The quantitative estimate of drug-likeness (QED) is 0.614. The highest BCUT2D eigenvalue weighted by Gasteiger charge is 2.23.